The Morgan fingerprint density at radius 3 is 2.44 bits per heavy atom. The van der Waals surface area contributed by atoms with Gasteiger partial charge in [-0.25, -0.2) is 24.6 Å². The Hall–Kier alpha value is -2.71. The van der Waals surface area contributed by atoms with Gasteiger partial charge in [0.25, 0.3) is 0 Å². The van der Waals surface area contributed by atoms with Crippen LogP contribution in [0, 0.1) is 0 Å². The zero-order valence-corrected chi connectivity index (χ0v) is 15.0. The fourth-order valence-corrected chi connectivity index (χ4v) is 2.78. The summed E-state index contributed by atoms with van der Waals surface area (Å²) in [5.41, 5.74) is 6.05. The average molecular weight is 343 g/mol. The lowest BCUT2D eigenvalue weighted by molar-refractivity contribution is 0.340. The van der Waals surface area contributed by atoms with Crippen LogP contribution < -0.4 is 10.6 Å². The monoisotopic (exact) mass is 343 g/mol. The molecule has 25 heavy (non-hydrogen) atoms. The molecule has 0 bridgehead atoms. The van der Waals surface area contributed by atoms with Crippen LogP contribution in [-0.2, 0) is 12.1 Å². The zero-order chi connectivity index (χ0) is 17.9. The van der Waals surface area contributed by atoms with E-state index in [1.165, 1.54) is 0 Å². The number of aliphatic imine (C=N–C) groups is 1. The van der Waals surface area contributed by atoms with E-state index >= 15 is 0 Å². The molecule has 0 aromatic carbocycles. The maximum absolute atomic E-state index is 6.18. The van der Waals surface area contributed by atoms with Crippen LogP contribution >= 0.6 is 0 Å². The molecule has 134 valence electrons. The Kier molecular flexibility index (Phi) is 4.82. The standard InChI is InChI=1S/C16H25N9/c1-16(2,3)25-13(21-12-22-25)11-20-14(17)23-7-9-24(10-8-23)15-18-5-4-6-19-15/h4-6,12H,7-11H2,1-3H3,(H2,17,20). The smallest absolute Gasteiger partial charge is 0.225 e. The highest BCUT2D eigenvalue weighted by atomic mass is 15.4. The van der Waals surface area contributed by atoms with Crippen LogP contribution in [0.1, 0.15) is 26.6 Å². The second kappa shape index (κ2) is 7.04. The minimum atomic E-state index is -0.128. The van der Waals surface area contributed by atoms with Gasteiger partial charge in [0.05, 0.1) is 5.54 Å². The molecule has 1 aliphatic rings. The predicted octanol–water partition coefficient (Wildman–Crippen LogP) is 0.460. The summed E-state index contributed by atoms with van der Waals surface area (Å²) in [6, 6.07) is 1.82. The number of aromatic nitrogens is 5. The molecule has 1 fully saturated rings. The Bertz CT molecular complexity index is 709. The van der Waals surface area contributed by atoms with Crippen molar-refractivity contribution in [3.8, 4) is 0 Å². The molecule has 0 atom stereocenters. The highest BCUT2D eigenvalue weighted by Crippen LogP contribution is 2.14. The first-order valence-corrected chi connectivity index (χ1v) is 8.41. The van der Waals surface area contributed by atoms with Crippen molar-refractivity contribution < 1.29 is 0 Å². The fourth-order valence-electron chi connectivity index (χ4n) is 2.78. The number of guanidine groups is 1. The lowest BCUT2D eigenvalue weighted by Crippen LogP contribution is -2.51. The Morgan fingerprint density at radius 1 is 1.12 bits per heavy atom. The van der Waals surface area contributed by atoms with Crippen molar-refractivity contribution in [2.45, 2.75) is 32.9 Å². The van der Waals surface area contributed by atoms with Gasteiger partial charge < -0.3 is 15.5 Å². The van der Waals surface area contributed by atoms with Crippen LogP contribution in [0.3, 0.4) is 0 Å². The van der Waals surface area contributed by atoms with Gasteiger partial charge in [-0.3, -0.25) is 0 Å². The van der Waals surface area contributed by atoms with Gasteiger partial charge in [0.1, 0.15) is 18.7 Å². The van der Waals surface area contributed by atoms with Gasteiger partial charge in [0.2, 0.25) is 5.95 Å². The second-order valence-corrected chi connectivity index (χ2v) is 6.96. The molecule has 0 unspecified atom stereocenters. The van der Waals surface area contributed by atoms with Crippen molar-refractivity contribution in [3.05, 3.63) is 30.6 Å². The van der Waals surface area contributed by atoms with Crippen LogP contribution in [-0.4, -0.2) is 61.8 Å². The largest absolute Gasteiger partial charge is 0.370 e. The summed E-state index contributed by atoms with van der Waals surface area (Å²) in [5, 5.41) is 4.28. The topological polar surface area (TPSA) is 101 Å². The van der Waals surface area contributed by atoms with Crippen LogP contribution in [0.4, 0.5) is 5.95 Å². The quantitative estimate of drug-likeness (QED) is 0.638. The number of rotatable bonds is 3. The minimum Gasteiger partial charge on any atom is -0.370 e. The summed E-state index contributed by atoms with van der Waals surface area (Å²) in [5.74, 6) is 2.11. The number of nitrogens with zero attached hydrogens (tertiary/aromatic N) is 8. The van der Waals surface area contributed by atoms with Gasteiger partial charge in [-0.15, -0.1) is 0 Å². The highest BCUT2D eigenvalue weighted by molar-refractivity contribution is 5.78. The summed E-state index contributed by atoms with van der Waals surface area (Å²) >= 11 is 0. The van der Waals surface area contributed by atoms with E-state index in [2.05, 4.69) is 55.6 Å². The van der Waals surface area contributed by atoms with Crippen molar-refractivity contribution in [3.63, 3.8) is 0 Å². The Balaban J connectivity index is 1.59. The molecule has 9 heteroatoms. The Labute approximate surface area is 147 Å². The van der Waals surface area contributed by atoms with E-state index in [0.717, 1.165) is 38.0 Å². The van der Waals surface area contributed by atoms with Crippen molar-refractivity contribution >= 4 is 11.9 Å². The number of hydrogen-bond acceptors (Lipinski definition) is 6. The number of anilines is 1. The summed E-state index contributed by atoms with van der Waals surface area (Å²) in [4.78, 5) is 21.6. The van der Waals surface area contributed by atoms with E-state index in [-0.39, 0.29) is 5.54 Å². The molecule has 0 aliphatic carbocycles. The normalized spacial score (nSPS) is 16.4. The molecule has 0 radical (unpaired) electrons. The first kappa shape index (κ1) is 17.1. The molecule has 0 saturated carbocycles. The van der Waals surface area contributed by atoms with Crippen molar-refractivity contribution in [2.75, 3.05) is 31.1 Å². The molecule has 0 amide bonds. The van der Waals surface area contributed by atoms with E-state index < -0.39 is 0 Å². The van der Waals surface area contributed by atoms with Gasteiger partial charge in [0.15, 0.2) is 5.96 Å². The van der Waals surface area contributed by atoms with Gasteiger partial charge in [-0.2, -0.15) is 5.10 Å². The predicted molar refractivity (Wildman–Crippen MR) is 96.2 cm³/mol. The highest BCUT2D eigenvalue weighted by Gasteiger charge is 2.21. The molecular weight excluding hydrogens is 318 g/mol. The average Bonchev–Trinajstić information content (AvgIpc) is 3.10. The molecule has 3 heterocycles. The van der Waals surface area contributed by atoms with E-state index in [1.807, 2.05) is 10.7 Å². The molecule has 1 saturated heterocycles. The Morgan fingerprint density at radius 2 is 1.80 bits per heavy atom. The summed E-state index contributed by atoms with van der Waals surface area (Å²) < 4.78 is 1.88. The first-order chi connectivity index (χ1) is 11.9. The number of nitrogens with two attached hydrogens (primary N) is 1. The van der Waals surface area contributed by atoms with Crippen LogP contribution in [0.15, 0.2) is 29.8 Å². The van der Waals surface area contributed by atoms with Crippen LogP contribution in [0.25, 0.3) is 0 Å². The molecule has 1 aliphatic heterocycles. The zero-order valence-electron chi connectivity index (χ0n) is 15.0. The molecule has 2 N–H and O–H groups in total. The third kappa shape index (κ3) is 4.04. The first-order valence-electron chi connectivity index (χ1n) is 8.41. The summed E-state index contributed by atoms with van der Waals surface area (Å²) in [7, 11) is 0. The molecular formula is C16H25N9. The maximum atomic E-state index is 6.18. The van der Waals surface area contributed by atoms with Crippen molar-refractivity contribution in [2.24, 2.45) is 10.7 Å². The summed E-state index contributed by atoms with van der Waals surface area (Å²) in [6.45, 7) is 9.90. The van der Waals surface area contributed by atoms with Gasteiger partial charge in [-0.1, -0.05) is 0 Å². The SMILES string of the molecule is CC(C)(C)n1ncnc1CN=C(N)N1CCN(c2ncccn2)CC1. The van der Waals surface area contributed by atoms with E-state index in [9.17, 15) is 0 Å². The second-order valence-electron chi connectivity index (χ2n) is 6.96. The van der Waals surface area contributed by atoms with Crippen LogP contribution in [0.2, 0.25) is 0 Å². The van der Waals surface area contributed by atoms with Gasteiger partial charge in [-0.05, 0) is 26.8 Å². The number of piperazine rings is 1. The summed E-state index contributed by atoms with van der Waals surface area (Å²) in [6.07, 6.45) is 5.08. The van der Waals surface area contributed by atoms with E-state index in [4.69, 9.17) is 5.73 Å². The van der Waals surface area contributed by atoms with Crippen LogP contribution in [0.5, 0.6) is 0 Å². The maximum Gasteiger partial charge on any atom is 0.225 e. The lowest BCUT2D eigenvalue weighted by atomic mass is 10.1. The van der Waals surface area contributed by atoms with E-state index in [0.29, 0.717) is 12.5 Å². The fraction of sp³-hybridized carbons (Fsp3) is 0.562. The molecule has 0 spiro atoms. The number of hydrogen-bond donors (Lipinski definition) is 1. The molecule has 9 nitrogen and oxygen atoms in total. The van der Waals surface area contributed by atoms with Gasteiger partial charge >= 0.3 is 0 Å². The van der Waals surface area contributed by atoms with Gasteiger partial charge in [0, 0.05) is 38.6 Å². The van der Waals surface area contributed by atoms with E-state index in [1.54, 1.807) is 18.7 Å². The van der Waals surface area contributed by atoms with Crippen molar-refractivity contribution in [1.29, 1.82) is 0 Å². The minimum absolute atomic E-state index is 0.128. The van der Waals surface area contributed by atoms with Crippen molar-refractivity contribution in [1.82, 2.24) is 29.6 Å². The molecule has 3 rings (SSSR count). The molecule has 2 aromatic rings. The molecule has 2 aromatic heterocycles. The third-order valence-corrected chi connectivity index (χ3v) is 4.07. The third-order valence-electron chi connectivity index (χ3n) is 4.07. The lowest BCUT2D eigenvalue weighted by Gasteiger charge is -2.35.